The second-order valence-electron chi connectivity index (χ2n) is 8.20. The summed E-state index contributed by atoms with van der Waals surface area (Å²) in [6.07, 6.45) is 0. The Morgan fingerprint density at radius 1 is 0.958 bits per heavy atom. The molecule has 5 nitrogen and oxygen atoms in total. The van der Waals surface area contributed by atoms with Gasteiger partial charge in [-0.05, 0) is 34.1 Å². The van der Waals surface area contributed by atoms with Crippen LogP contribution in [0.1, 0.15) is 58.6 Å². The summed E-state index contributed by atoms with van der Waals surface area (Å²) in [7, 11) is 0. The standard InChI is InChI=1S/C19H29N3O2/c1-18(2,3)14-9-13(10-15(11-14)19(4,5)6)17-22-21-16(24-17)12-20-7-8-23/h9-11,20,23H,7-8,12H2,1-6H3. The Labute approximate surface area is 144 Å². The number of nitrogens with zero attached hydrogens (tertiary/aromatic N) is 2. The van der Waals surface area contributed by atoms with E-state index in [-0.39, 0.29) is 17.4 Å². The van der Waals surface area contributed by atoms with Crippen molar-refractivity contribution in [3.8, 4) is 11.5 Å². The number of nitrogens with one attached hydrogen (secondary N) is 1. The molecule has 2 rings (SSSR count). The molecule has 1 aromatic heterocycles. The Hall–Kier alpha value is -1.72. The van der Waals surface area contributed by atoms with Crippen LogP contribution in [0.5, 0.6) is 0 Å². The maximum atomic E-state index is 8.81. The van der Waals surface area contributed by atoms with Crippen LogP contribution in [0.25, 0.3) is 11.5 Å². The highest BCUT2D eigenvalue weighted by molar-refractivity contribution is 5.57. The van der Waals surface area contributed by atoms with Crippen molar-refractivity contribution in [2.24, 2.45) is 0 Å². The Bertz CT molecular complexity index is 646. The number of benzene rings is 1. The van der Waals surface area contributed by atoms with Gasteiger partial charge in [-0.25, -0.2) is 0 Å². The van der Waals surface area contributed by atoms with Gasteiger partial charge in [0.05, 0.1) is 13.2 Å². The minimum absolute atomic E-state index is 0.0432. The molecule has 0 saturated heterocycles. The van der Waals surface area contributed by atoms with Crippen LogP contribution < -0.4 is 5.32 Å². The average molecular weight is 331 g/mol. The molecule has 0 bridgehead atoms. The van der Waals surface area contributed by atoms with Crippen molar-refractivity contribution in [3.63, 3.8) is 0 Å². The van der Waals surface area contributed by atoms with Crippen LogP contribution in [0.3, 0.4) is 0 Å². The normalized spacial score (nSPS) is 12.6. The van der Waals surface area contributed by atoms with Crippen molar-refractivity contribution in [1.29, 1.82) is 0 Å². The predicted molar refractivity (Wildman–Crippen MR) is 95.9 cm³/mol. The van der Waals surface area contributed by atoms with Crippen LogP contribution in [-0.4, -0.2) is 28.5 Å². The third-order valence-electron chi connectivity index (χ3n) is 3.94. The molecule has 0 aliphatic rings. The minimum Gasteiger partial charge on any atom is -0.419 e. The number of aliphatic hydroxyl groups excluding tert-OH is 1. The van der Waals surface area contributed by atoms with Crippen LogP contribution in [0.2, 0.25) is 0 Å². The molecular formula is C19H29N3O2. The smallest absolute Gasteiger partial charge is 0.247 e. The highest BCUT2D eigenvalue weighted by atomic mass is 16.4. The van der Waals surface area contributed by atoms with E-state index in [0.29, 0.717) is 24.9 Å². The first-order valence-corrected chi connectivity index (χ1v) is 8.41. The van der Waals surface area contributed by atoms with Crippen molar-refractivity contribution in [1.82, 2.24) is 15.5 Å². The van der Waals surface area contributed by atoms with Gasteiger partial charge in [0, 0.05) is 12.1 Å². The van der Waals surface area contributed by atoms with E-state index in [4.69, 9.17) is 9.52 Å². The molecule has 132 valence electrons. The van der Waals surface area contributed by atoms with Gasteiger partial charge in [0.25, 0.3) is 0 Å². The van der Waals surface area contributed by atoms with E-state index in [0.717, 1.165) is 5.56 Å². The summed E-state index contributed by atoms with van der Waals surface area (Å²) < 4.78 is 5.79. The average Bonchev–Trinajstić information content (AvgIpc) is 2.94. The van der Waals surface area contributed by atoms with Gasteiger partial charge in [-0.15, -0.1) is 10.2 Å². The van der Waals surface area contributed by atoms with Gasteiger partial charge in [0.1, 0.15) is 0 Å². The third kappa shape index (κ3) is 4.65. The SMILES string of the molecule is CC(C)(C)c1cc(-c2nnc(CNCCO)o2)cc(C(C)(C)C)c1. The molecule has 24 heavy (non-hydrogen) atoms. The molecule has 2 N–H and O–H groups in total. The molecule has 2 aromatic rings. The lowest BCUT2D eigenvalue weighted by Gasteiger charge is -2.25. The lowest BCUT2D eigenvalue weighted by atomic mass is 9.79. The fraction of sp³-hybridized carbons (Fsp3) is 0.579. The van der Waals surface area contributed by atoms with E-state index in [1.807, 2.05) is 0 Å². The topological polar surface area (TPSA) is 71.2 Å². The molecule has 1 heterocycles. The number of hydrogen-bond acceptors (Lipinski definition) is 5. The first-order chi connectivity index (χ1) is 11.1. The highest BCUT2D eigenvalue weighted by Gasteiger charge is 2.22. The molecule has 0 spiro atoms. The van der Waals surface area contributed by atoms with E-state index >= 15 is 0 Å². The van der Waals surface area contributed by atoms with Gasteiger partial charge >= 0.3 is 0 Å². The Morgan fingerprint density at radius 3 is 2.04 bits per heavy atom. The van der Waals surface area contributed by atoms with Crippen molar-refractivity contribution in [3.05, 3.63) is 35.2 Å². The molecule has 0 fully saturated rings. The zero-order valence-corrected chi connectivity index (χ0v) is 15.6. The van der Waals surface area contributed by atoms with Crippen LogP contribution >= 0.6 is 0 Å². The van der Waals surface area contributed by atoms with Gasteiger partial charge in [0.15, 0.2) is 0 Å². The van der Waals surface area contributed by atoms with E-state index in [1.54, 1.807) is 0 Å². The number of aromatic nitrogens is 2. The Kier molecular flexibility index (Phi) is 5.45. The van der Waals surface area contributed by atoms with Crippen LogP contribution in [0, 0.1) is 0 Å². The molecule has 0 aliphatic heterocycles. The summed E-state index contributed by atoms with van der Waals surface area (Å²) in [5.74, 6) is 1.06. The molecule has 1 aromatic carbocycles. The molecular weight excluding hydrogens is 302 g/mol. The summed E-state index contributed by atoms with van der Waals surface area (Å²) in [5, 5.41) is 20.1. The minimum atomic E-state index is 0.0432. The molecule has 0 saturated carbocycles. The summed E-state index contributed by atoms with van der Waals surface area (Å²) in [6, 6.07) is 6.53. The molecule has 0 amide bonds. The molecule has 0 aliphatic carbocycles. The largest absolute Gasteiger partial charge is 0.419 e. The maximum absolute atomic E-state index is 8.81. The summed E-state index contributed by atoms with van der Waals surface area (Å²) in [6.45, 7) is 14.3. The van der Waals surface area contributed by atoms with Crippen LogP contribution in [0.4, 0.5) is 0 Å². The van der Waals surface area contributed by atoms with Crippen LogP contribution in [0.15, 0.2) is 22.6 Å². The quantitative estimate of drug-likeness (QED) is 0.822. The summed E-state index contributed by atoms with van der Waals surface area (Å²) in [5.41, 5.74) is 3.54. The van der Waals surface area contributed by atoms with Gasteiger partial charge in [-0.3, -0.25) is 0 Å². The van der Waals surface area contributed by atoms with E-state index in [2.05, 4.69) is 75.3 Å². The molecule has 0 unspecified atom stereocenters. The monoisotopic (exact) mass is 331 g/mol. The maximum Gasteiger partial charge on any atom is 0.247 e. The zero-order chi connectivity index (χ0) is 18.0. The van der Waals surface area contributed by atoms with Gasteiger partial charge < -0.3 is 14.8 Å². The first kappa shape index (κ1) is 18.6. The fourth-order valence-corrected chi connectivity index (χ4v) is 2.33. The van der Waals surface area contributed by atoms with Crippen molar-refractivity contribution in [2.45, 2.75) is 58.9 Å². The summed E-state index contributed by atoms with van der Waals surface area (Å²) >= 11 is 0. The van der Waals surface area contributed by atoms with Crippen molar-refractivity contribution in [2.75, 3.05) is 13.2 Å². The Morgan fingerprint density at radius 2 is 1.54 bits per heavy atom. The first-order valence-electron chi connectivity index (χ1n) is 8.41. The van der Waals surface area contributed by atoms with E-state index in [1.165, 1.54) is 11.1 Å². The number of hydrogen-bond donors (Lipinski definition) is 2. The lowest BCUT2D eigenvalue weighted by molar-refractivity contribution is 0.289. The number of rotatable bonds is 5. The zero-order valence-electron chi connectivity index (χ0n) is 15.6. The van der Waals surface area contributed by atoms with Gasteiger partial charge in [0.2, 0.25) is 11.8 Å². The highest BCUT2D eigenvalue weighted by Crippen LogP contribution is 2.33. The summed E-state index contributed by atoms with van der Waals surface area (Å²) in [4.78, 5) is 0. The second-order valence-corrected chi connectivity index (χ2v) is 8.20. The Balaban J connectivity index is 2.39. The lowest BCUT2D eigenvalue weighted by Crippen LogP contribution is -2.17. The van der Waals surface area contributed by atoms with Crippen molar-refractivity contribution >= 4 is 0 Å². The molecule has 0 atom stereocenters. The third-order valence-corrected chi connectivity index (χ3v) is 3.94. The molecule has 0 radical (unpaired) electrons. The van der Waals surface area contributed by atoms with E-state index < -0.39 is 0 Å². The van der Waals surface area contributed by atoms with Gasteiger partial charge in [-0.2, -0.15) is 0 Å². The predicted octanol–water partition coefficient (Wildman–Crippen LogP) is 3.41. The molecule has 5 heteroatoms. The second kappa shape index (κ2) is 7.03. The van der Waals surface area contributed by atoms with Crippen LogP contribution in [-0.2, 0) is 17.4 Å². The van der Waals surface area contributed by atoms with Gasteiger partial charge in [-0.1, -0.05) is 47.6 Å². The number of aliphatic hydroxyl groups is 1. The fourth-order valence-electron chi connectivity index (χ4n) is 2.33. The van der Waals surface area contributed by atoms with E-state index in [9.17, 15) is 0 Å². The van der Waals surface area contributed by atoms with Crippen molar-refractivity contribution < 1.29 is 9.52 Å².